The Bertz CT molecular complexity index is 932. The molecule has 3 aliphatic rings. The van der Waals surface area contributed by atoms with Gasteiger partial charge in [-0.3, -0.25) is 9.69 Å². The first-order valence-corrected chi connectivity index (χ1v) is 10.2. The monoisotopic (exact) mass is 409 g/mol. The third kappa shape index (κ3) is 3.61. The number of nitrogens with zero attached hydrogens (tertiary/aromatic N) is 1. The molecule has 2 bridgehead atoms. The Morgan fingerprint density at radius 1 is 0.967 bits per heavy atom. The number of ether oxygens (including phenoxy) is 4. The van der Waals surface area contributed by atoms with Gasteiger partial charge in [-0.1, -0.05) is 30.3 Å². The largest absolute Gasteiger partial charge is 0.454 e. The summed E-state index contributed by atoms with van der Waals surface area (Å²) in [6, 6.07) is 14.6. The van der Waals surface area contributed by atoms with E-state index in [9.17, 15) is 9.59 Å². The maximum atomic E-state index is 13.1. The quantitative estimate of drug-likeness (QED) is 0.721. The van der Waals surface area contributed by atoms with Crippen LogP contribution < -0.4 is 9.47 Å². The van der Waals surface area contributed by atoms with Crippen LogP contribution >= 0.6 is 0 Å². The number of rotatable bonds is 4. The topological polar surface area (TPSA) is 74.3 Å². The van der Waals surface area contributed by atoms with Crippen molar-refractivity contribution in [3.63, 3.8) is 0 Å². The molecule has 0 radical (unpaired) electrons. The van der Waals surface area contributed by atoms with Gasteiger partial charge in [0.05, 0.1) is 25.3 Å². The summed E-state index contributed by atoms with van der Waals surface area (Å²) in [4.78, 5) is 27.7. The summed E-state index contributed by atoms with van der Waals surface area (Å²) in [5.74, 6) is 1.17. The predicted molar refractivity (Wildman–Crippen MR) is 106 cm³/mol. The molecule has 0 saturated carbocycles. The number of ketones is 1. The van der Waals surface area contributed by atoms with Crippen molar-refractivity contribution in [2.24, 2.45) is 5.92 Å². The molecule has 2 fully saturated rings. The second kappa shape index (κ2) is 7.99. The van der Waals surface area contributed by atoms with E-state index < -0.39 is 0 Å². The van der Waals surface area contributed by atoms with Gasteiger partial charge in [0.25, 0.3) is 0 Å². The Balaban J connectivity index is 1.26. The molecule has 156 valence electrons. The van der Waals surface area contributed by atoms with Crippen LogP contribution in [0.1, 0.15) is 28.8 Å². The first kappa shape index (κ1) is 18.9. The molecule has 3 heterocycles. The normalized spacial score (nSPS) is 24.4. The molecule has 0 aliphatic carbocycles. The molecular formula is C23H23NO6. The van der Waals surface area contributed by atoms with Crippen molar-refractivity contribution in [2.45, 2.75) is 31.5 Å². The van der Waals surface area contributed by atoms with Gasteiger partial charge >= 0.3 is 6.09 Å². The van der Waals surface area contributed by atoms with Crippen LogP contribution in [0.5, 0.6) is 11.5 Å². The Hall–Kier alpha value is -3.06. The molecule has 7 nitrogen and oxygen atoms in total. The summed E-state index contributed by atoms with van der Waals surface area (Å²) in [6.07, 6.45) is 0.778. The number of fused-ring (bicyclic) bond motifs is 3. The molecular weight excluding hydrogens is 386 g/mol. The Morgan fingerprint density at radius 3 is 2.47 bits per heavy atom. The van der Waals surface area contributed by atoms with Gasteiger partial charge < -0.3 is 18.9 Å². The average Bonchev–Trinajstić information content (AvgIpc) is 3.24. The van der Waals surface area contributed by atoms with Gasteiger partial charge in [-0.05, 0) is 36.6 Å². The van der Waals surface area contributed by atoms with Crippen molar-refractivity contribution < 1.29 is 28.5 Å². The molecule has 0 spiro atoms. The lowest BCUT2D eigenvalue weighted by Crippen LogP contribution is -2.59. The number of Topliss-reactive ketones (excluding diaryl/α,β-unsaturated/α-hetero) is 1. The Kier molecular flexibility index (Phi) is 5.04. The van der Waals surface area contributed by atoms with Crippen LogP contribution in [-0.4, -0.2) is 48.9 Å². The number of morpholine rings is 1. The lowest BCUT2D eigenvalue weighted by molar-refractivity contribution is -0.0755. The Morgan fingerprint density at radius 2 is 1.70 bits per heavy atom. The fraction of sp³-hybridized carbons (Fsp3) is 0.391. The van der Waals surface area contributed by atoms with Crippen LogP contribution in [0.2, 0.25) is 0 Å². The van der Waals surface area contributed by atoms with E-state index in [1.165, 1.54) is 0 Å². The van der Waals surface area contributed by atoms with Crippen molar-refractivity contribution in [3.8, 4) is 11.5 Å². The Labute approximate surface area is 174 Å². The highest BCUT2D eigenvalue weighted by Crippen LogP contribution is 2.37. The summed E-state index contributed by atoms with van der Waals surface area (Å²) in [6.45, 7) is 1.25. The smallest absolute Gasteiger partial charge is 0.410 e. The van der Waals surface area contributed by atoms with Crippen LogP contribution in [0, 0.1) is 5.92 Å². The highest BCUT2D eigenvalue weighted by molar-refractivity contribution is 5.98. The van der Waals surface area contributed by atoms with Gasteiger partial charge in [-0.15, -0.1) is 0 Å². The number of carbonyl (C=O) groups excluding carboxylic acids is 2. The number of amides is 1. The minimum absolute atomic E-state index is 0.0718. The molecule has 3 aliphatic heterocycles. The second-order valence-corrected chi connectivity index (χ2v) is 7.89. The van der Waals surface area contributed by atoms with Gasteiger partial charge in [0, 0.05) is 11.5 Å². The van der Waals surface area contributed by atoms with Crippen LogP contribution in [0.15, 0.2) is 48.5 Å². The summed E-state index contributed by atoms with van der Waals surface area (Å²) >= 11 is 0. The number of carbonyl (C=O) groups is 2. The van der Waals surface area contributed by atoms with E-state index >= 15 is 0 Å². The average molecular weight is 409 g/mol. The van der Waals surface area contributed by atoms with E-state index in [-0.39, 0.29) is 43.3 Å². The molecule has 2 saturated heterocycles. The first-order chi connectivity index (χ1) is 14.7. The van der Waals surface area contributed by atoms with Crippen molar-refractivity contribution in [3.05, 3.63) is 59.7 Å². The van der Waals surface area contributed by atoms with E-state index in [2.05, 4.69) is 0 Å². The molecule has 2 aromatic rings. The zero-order chi connectivity index (χ0) is 20.5. The molecule has 7 heteroatoms. The third-order valence-corrected chi connectivity index (χ3v) is 5.96. The molecule has 2 aromatic carbocycles. The first-order valence-electron chi connectivity index (χ1n) is 10.2. The van der Waals surface area contributed by atoms with E-state index in [0.717, 1.165) is 5.56 Å². The molecule has 2 atom stereocenters. The van der Waals surface area contributed by atoms with E-state index in [4.69, 9.17) is 18.9 Å². The summed E-state index contributed by atoms with van der Waals surface area (Å²) in [5.41, 5.74) is 1.56. The van der Waals surface area contributed by atoms with Crippen molar-refractivity contribution >= 4 is 11.9 Å². The highest BCUT2D eigenvalue weighted by atomic mass is 16.7. The zero-order valence-corrected chi connectivity index (χ0v) is 16.5. The second-order valence-electron chi connectivity index (χ2n) is 7.89. The van der Waals surface area contributed by atoms with Crippen LogP contribution in [0.4, 0.5) is 4.79 Å². The van der Waals surface area contributed by atoms with Gasteiger partial charge in [0.1, 0.15) is 6.61 Å². The fourth-order valence-corrected chi connectivity index (χ4v) is 4.51. The van der Waals surface area contributed by atoms with Crippen LogP contribution in [-0.2, 0) is 16.1 Å². The number of hydrogen-bond acceptors (Lipinski definition) is 6. The lowest BCUT2D eigenvalue weighted by atomic mass is 9.81. The third-order valence-electron chi connectivity index (χ3n) is 5.96. The van der Waals surface area contributed by atoms with E-state index in [1.807, 2.05) is 30.3 Å². The molecule has 30 heavy (non-hydrogen) atoms. The summed E-state index contributed by atoms with van der Waals surface area (Å²) < 4.78 is 22.0. The van der Waals surface area contributed by atoms with Crippen LogP contribution in [0.3, 0.4) is 0 Å². The number of hydrogen-bond donors (Lipinski definition) is 0. The lowest BCUT2D eigenvalue weighted by Gasteiger charge is -2.47. The fourth-order valence-electron chi connectivity index (χ4n) is 4.51. The standard InChI is InChI=1S/C23H23NO6/c25-22(16-6-7-20-21(10-16)30-14-29-20)17-8-18-12-27-13-19(9-17)24(18)23(26)28-11-15-4-2-1-3-5-15/h1-7,10,17-19H,8-9,11-14H2. The van der Waals surface area contributed by atoms with Gasteiger partial charge in [-0.2, -0.15) is 0 Å². The van der Waals surface area contributed by atoms with Gasteiger partial charge in [0.15, 0.2) is 17.3 Å². The van der Waals surface area contributed by atoms with Gasteiger partial charge in [0.2, 0.25) is 6.79 Å². The minimum Gasteiger partial charge on any atom is -0.454 e. The number of benzene rings is 2. The molecule has 1 amide bonds. The van der Waals surface area contributed by atoms with Gasteiger partial charge in [-0.25, -0.2) is 4.79 Å². The van der Waals surface area contributed by atoms with E-state index in [0.29, 0.717) is 43.1 Å². The summed E-state index contributed by atoms with van der Waals surface area (Å²) in [7, 11) is 0. The maximum absolute atomic E-state index is 13.1. The minimum atomic E-state index is -0.342. The van der Waals surface area contributed by atoms with E-state index in [1.54, 1.807) is 23.1 Å². The summed E-state index contributed by atoms with van der Waals surface area (Å²) in [5, 5.41) is 0. The van der Waals surface area contributed by atoms with Crippen molar-refractivity contribution in [1.82, 2.24) is 4.90 Å². The maximum Gasteiger partial charge on any atom is 0.410 e. The molecule has 2 unspecified atom stereocenters. The molecule has 0 N–H and O–H groups in total. The molecule has 0 aromatic heterocycles. The highest BCUT2D eigenvalue weighted by Gasteiger charge is 2.44. The van der Waals surface area contributed by atoms with Crippen molar-refractivity contribution in [2.75, 3.05) is 20.0 Å². The SMILES string of the molecule is O=C(c1ccc2c(c1)OCO2)C1CC2COCC(C1)N2C(=O)OCc1ccccc1. The van der Waals surface area contributed by atoms with Crippen LogP contribution in [0.25, 0.3) is 0 Å². The van der Waals surface area contributed by atoms with Crippen molar-refractivity contribution in [1.29, 1.82) is 0 Å². The predicted octanol–water partition coefficient (Wildman–Crippen LogP) is 3.41. The zero-order valence-electron chi connectivity index (χ0n) is 16.5. The molecule has 5 rings (SSSR count). The number of piperidine rings is 1.